The summed E-state index contributed by atoms with van der Waals surface area (Å²) >= 11 is 1.47. The first kappa shape index (κ1) is 13.2. The van der Waals surface area contributed by atoms with Crippen LogP contribution in [0, 0.1) is 25.2 Å². The van der Waals surface area contributed by atoms with E-state index in [1.165, 1.54) is 11.3 Å². The van der Waals surface area contributed by atoms with Gasteiger partial charge in [-0.25, -0.2) is 4.98 Å². The predicted molar refractivity (Wildman–Crippen MR) is 75.1 cm³/mol. The maximum atomic E-state index is 11.8. The maximum absolute atomic E-state index is 11.8. The minimum Gasteiger partial charge on any atom is -0.302 e. The van der Waals surface area contributed by atoms with Crippen LogP contribution in [-0.2, 0) is 11.2 Å². The second kappa shape index (κ2) is 5.63. The number of aryl methyl sites for hydroxylation is 2. The maximum Gasteiger partial charge on any atom is 0.230 e. The molecule has 0 fully saturated rings. The predicted octanol–water partition coefficient (Wildman–Crippen LogP) is 2.81. The molecule has 1 aromatic carbocycles. The van der Waals surface area contributed by atoms with Gasteiger partial charge in [-0.2, -0.15) is 5.26 Å². The summed E-state index contributed by atoms with van der Waals surface area (Å²) in [5, 5.41) is 12.1. The number of rotatable bonds is 3. The highest BCUT2D eigenvalue weighted by atomic mass is 32.1. The van der Waals surface area contributed by atoms with Gasteiger partial charge in [-0.3, -0.25) is 4.79 Å². The SMILES string of the molecule is Cc1nc(NC(=O)Cc2ccc(C#N)cc2)sc1C. The zero-order valence-corrected chi connectivity index (χ0v) is 11.5. The van der Waals surface area contributed by atoms with Crippen LogP contribution in [0.5, 0.6) is 0 Å². The van der Waals surface area contributed by atoms with E-state index in [1.54, 1.807) is 24.3 Å². The van der Waals surface area contributed by atoms with Gasteiger partial charge in [-0.1, -0.05) is 12.1 Å². The Bertz CT molecular complexity index is 618. The number of nitriles is 1. The molecule has 0 saturated heterocycles. The van der Waals surface area contributed by atoms with Gasteiger partial charge in [0, 0.05) is 4.88 Å². The summed E-state index contributed by atoms with van der Waals surface area (Å²) < 4.78 is 0. The second-order valence-corrected chi connectivity index (χ2v) is 5.40. The average Bonchev–Trinajstić information content (AvgIpc) is 2.69. The summed E-state index contributed by atoms with van der Waals surface area (Å²) in [6.45, 7) is 3.89. The molecule has 0 saturated carbocycles. The number of nitrogens with zero attached hydrogens (tertiary/aromatic N) is 2. The Hall–Kier alpha value is -2.19. The van der Waals surface area contributed by atoms with Gasteiger partial charge < -0.3 is 5.32 Å². The molecule has 0 unspecified atom stereocenters. The van der Waals surface area contributed by atoms with Crippen LogP contribution in [0.15, 0.2) is 24.3 Å². The van der Waals surface area contributed by atoms with Crippen LogP contribution in [0.4, 0.5) is 5.13 Å². The van der Waals surface area contributed by atoms with Crippen LogP contribution in [0.25, 0.3) is 0 Å². The largest absolute Gasteiger partial charge is 0.302 e. The second-order valence-electron chi connectivity index (χ2n) is 4.19. The number of aromatic nitrogens is 1. The fourth-order valence-corrected chi connectivity index (χ4v) is 2.40. The summed E-state index contributed by atoms with van der Waals surface area (Å²) in [6.07, 6.45) is 0.281. The number of amides is 1. The number of hydrogen-bond donors (Lipinski definition) is 1. The van der Waals surface area contributed by atoms with Crippen LogP contribution >= 0.6 is 11.3 Å². The van der Waals surface area contributed by atoms with E-state index >= 15 is 0 Å². The molecule has 0 aliphatic carbocycles. The lowest BCUT2D eigenvalue weighted by molar-refractivity contribution is -0.115. The summed E-state index contributed by atoms with van der Waals surface area (Å²) in [4.78, 5) is 17.2. The number of hydrogen-bond acceptors (Lipinski definition) is 4. The first-order valence-corrected chi connectivity index (χ1v) is 6.63. The van der Waals surface area contributed by atoms with E-state index in [9.17, 15) is 4.79 Å². The highest BCUT2D eigenvalue weighted by Crippen LogP contribution is 2.21. The Morgan fingerprint density at radius 1 is 1.37 bits per heavy atom. The molecule has 5 heteroatoms. The van der Waals surface area contributed by atoms with Gasteiger partial charge in [0.2, 0.25) is 5.91 Å². The first-order chi connectivity index (χ1) is 9.08. The van der Waals surface area contributed by atoms with Crippen LogP contribution in [-0.4, -0.2) is 10.9 Å². The molecule has 0 aliphatic rings. The fraction of sp³-hybridized carbons (Fsp3) is 0.214. The lowest BCUT2D eigenvalue weighted by atomic mass is 10.1. The van der Waals surface area contributed by atoms with E-state index in [0.717, 1.165) is 16.1 Å². The molecule has 4 nitrogen and oxygen atoms in total. The molecular weight excluding hydrogens is 258 g/mol. The normalized spacial score (nSPS) is 9.95. The highest BCUT2D eigenvalue weighted by Gasteiger charge is 2.08. The molecule has 1 aromatic heterocycles. The van der Waals surface area contributed by atoms with Crippen molar-refractivity contribution in [2.75, 3.05) is 5.32 Å². The lowest BCUT2D eigenvalue weighted by Crippen LogP contribution is -2.14. The number of carbonyl (C=O) groups excluding carboxylic acids is 1. The molecule has 1 heterocycles. The minimum atomic E-state index is -0.0987. The third-order valence-corrected chi connectivity index (χ3v) is 3.71. The van der Waals surface area contributed by atoms with E-state index in [4.69, 9.17) is 5.26 Å². The standard InChI is InChI=1S/C14H13N3OS/c1-9-10(2)19-14(16-9)17-13(18)7-11-3-5-12(8-15)6-4-11/h3-6H,7H2,1-2H3,(H,16,17,18). The Morgan fingerprint density at radius 2 is 2.05 bits per heavy atom. The van der Waals surface area contributed by atoms with E-state index < -0.39 is 0 Å². The van der Waals surface area contributed by atoms with Crippen molar-refractivity contribution in [2.45, 2.75) is 20.3 Å². The van der Waals surface area contributed by atoms with Crippen molar-refractivity contribution in [3.05, 3.63) is 46.0 Å². The number of benzene rings is 1. The van der Waals surface area contributed by atoms with Crippen molar-refractivity contribution in [2.24, 2.45) is 0 Å². The van der Waals surface area contributed by atoms with E-state index in [-0.39, 0.29) is 12.3 Å². The third-order valence-electron chi connectivity index (χ3n) is 2.72. The quantitative estimate of drug-likeness (QED) is 0.933. The van der Waals surface area contributed by atoms with Gasteiger partial charge in [0.25, 0.3) is 0 Å². The van der Waals surface area contributed by atoms with Crippen molar-refractivity contribution in [3.8, 4) is 6.07 Å². The molecule has 2 aromatic rings. The molecule has 0 atom stereocenters. The van der Waals surface area contributed by atoms with Crippen molar-refractivity contribution in [3.63, 3.8) is 0 Å². The Balaban J connectivity index is 1.99. The Kier molecular flexibility index (Phi) is 3.93. The Labute approximate surface area is 115 Å². The van der Waals surface area contributed by atoms with E-state index in [1.807, 2.05) is 19.9 Å². The minimum absolute atomic E-state index is 0.0987. The number of carbonyl (C=O) groups is 1. The summed E-state index contributed by atoms with van der Waals surface area (Å²) in [5.74, 6) is -0.0987. The van der Waals surface area contributed by atoms with Crippen LogP contribution in [0.2, 0.25) is 0 Å². The molecule has 1 N–H and O–H groups in total. The molecule has 19 heavy (non-hydrogen) atoms. The molecule has 2 rings (SSSR count). The van der Waals surface area contributed by atoms with Crippen molar-refractivity contribution < 1.29 is 4.79 Å². The zero-order valence-electron chi connectivity index (χ0n) is 10.7. The number of anilines is 1. The molecule has 0 spiro atoms. The summed E-state index contributed by atoms with van der Waals surface area (Å²) in [7, 11) is 0. The van der Waals surface area contributed by atoms with Crippen LogP contribution in [0.3, 0.4) is 0 Å². The van der Waals surface area contributed by atoms with Gasteiger partial charge in [0.1, 0.15) is 0 Å². The summed E-state index contributed by atoms with van der Waals surface area (Å²) in [5.41, 5.74) is 2.41. The molecule has 96 valence electrons. The van der Waals surface area contributed by atoms with E-state index in [0.29, 0.717) is 10.7 Å². The number of nitrogens with one attached hydrogen (secondary N) is 1. The van der Waals surface area contributed by atoms with Gasteiger partial charge >= 0.3 is 0 Å². The Morgan fingerprint density at radius 3 is 2.58 bits per heavy atom. The smallest absolute Gasteiger partial charge is 0.230 e. The molecule has 1 amide bonds. The van der Waals surface area contributed by atoms with Gasteiger partial charge in [0.15, 0.2) is 5.13 Å². The van der Waals surface area contributed by atoms with Crippen molar-refractivity contribution in [1.82, 2.24) is 4.98 Å². The van der Waals surface area contributed by atoms with Crippen molar-refractivity contribution in [1.29, 1.82) is 5.26 Å². The molecule has 0 radical (unpaired) electrons. The zero-order chi connectivity index (χ0) is 13.8. The molecule has 0 bridgehead atoms. The lowest BCUT2D eigenvalue weighted by Gasteiger charge is -2.02. The fourth-order valence-electron chi connectivity index (χ4n) is 1.57. The monoisotopic (exact) mass is 271 g/mol. The van der Waals surface area contributed by atoms with Gasteiger partial charge in [-0.15, -0.1) is 11.3 Å². The van der Waals surface area contributed by atoms with Crippen LogP contribution < -0.4 is 5.32 Å². The van der Waals surface area contributed by atoms with Gasteiger partial charge in [-0.05, 0) is 31.5 Å². The number of thiazole rings is 1. The average molecular weight is 271 g/mol. The third kappa shape index (κ3) is 3.39. The van der Waals surface area contributed by atoms with E-state index in [2.05, 4.69) is 10.3 Å². The highest BCUT2D eigenvalue weighted by molar-refractivity contribution is 7.15. The van der Waals surface area contributed by atoms with Gasteiger partial charge in [0.05, 0.1) is 23.7 Å². The molecular formula is C14H13N3OS. The van der Waals surface area contributed by atoms with Crippen LogP contribution in [0.1, 0.15) is 21.7 Å². The topological polar surface area (TPSA) is 65.8 Å². The summed E-state index contributed by atoms with van der Waals surface area (Å²) in [6, 6.07) is 9.04. The first-order valence-electron chi connectivity index (χ1n) is 5.81. The molecule has 0 aliphatic heterocycles. The van der Waals surface area contributed by atoms with Crippen molar-refractivity contribution >= 4 is 22.4 Å².